The zero-order valence-corrected chi connectivity index (χ0v) is 9.46. The zero-order chi connectivity index (χ0) is 11.1. The van der Waals surface area contributed by atoms with Crippen molar-refractivity contribution in [2.75, 3.05) is 5.73 Å². The van der Waals surface area contributed by atoms with E-state index in [-0.39, 0.29) is 0 Å². The summed E-state index contributed by atoms with van der Waals surface area (Å²) in [5.41, 5.74) is 7.53. The summed E-state index contributed by atoms with van der Waals surface area (Å²) in [5.74, 6) is 1.22. The number of hydrogen-bond donors (Lipinski definition) is 1. The van der Waals surface area contributed by atoms with Crippen LogP contribution in [-0.2, 0) is 0 Å². The highest BCUT2D eigenvalue weighted by Gasteiger charge is 2.03. The van der Waals surface area contributed by atoms with Gasteiger partial charge in [0.15, 0.2) is 0 Å². The summed E-state index contributed by atoms with van der Waals surface area (Å²) in [6.45, 7) is 11.7. The molecule has 2 N–H and O–H groups in total. The molecule has 0 aliphatic carbocycles. The molecule has 0 saturated heterocycles. The van der Waals surface area contributed by atoms with Crippen molar-refractivity contribution in [3.8, 4) is 0 Å². The second-order valence-electron chi connectivity index (χ2n) is 2.67. The fraction of sp³-hybridized carbons (Fsp3) is 0.455. The molecule has 1 heterocycles. The number of aromatic nitrogens is 2. The lowest BCUT2D eigenvalue weighted by molar-refractivity contribution is 1.05. The maximum Gasteiger partial charge on any atom is 0.134 e. The molecule has 14 heavy (non-hydrogen) atoms. The number of allylic oxidation sites excluding steroid dienone is 1. The Balaban J connectivity index is 0.000000791. The van der Waals surface area contributed by atoms with Gasteiger partial charge in [-0.05, 0) is 18.9 Å². The third-order valence-electron chi connectivity index (χ3n) is 1.75. The van der Waals surface area contributed by atoms with Crippen LogP contribution in [0, 0.1) is 6.92 Å². The highest BCUT2D eigenvalue weighted by atomic mass is 14.9. The summed E-state index contributed by atoms with van der Waals surface area (Å²) in [6, 6.07) is 0. The number of nitrogens with two attached hydrogens (primary N) is 1. The van der Waals surface area contributed by atoms with Crippen LogP contribution in [0.4, 0.5) is 5.82 Å². The van der Waals surface area contributed by atoms with Crippen LogP contribution < -0.4 is 5.73 Å². The first kappa shape index (κ1) is 12.6. The monoisotopic (exact) mass is 193 g/mol. The highest BCUT2D eigenvalue weighted by Crippen LogP contribution is 2.19. The minimum Gasteiger partial charge on any atom is -0.383 e. The number of nitrogen functional groups attached to an aromatic ring is 1. The first-order valence-electron chi connectivity index (χ1n) is 4.92. The third-order valence-corrected chi connectivity index (χ3v) is 1.75. The molecule has 0 aliphatic rings. The van der Waals surface area contributed by atoms with E-state index >= 15 is 0 Å². The van der Waals surface area contributed by atoms with E-state index in [1.165, 1.54) is 0 Å². The van der Waals surface area contributed by atoms with Crippen molar-refractivity contribution in [2.45, 2.75) is 34.1 Å². The predicted octanol–water partition coefficient (Wildman–Crippen LogP) is 2.82. The van der Waals surface area contributed by atoms with Crippen LogP contribution in [-0.4, -0.2) is 9.97 Å². The zero-order valence-electron chi connectivity index (χ0n) is 9.46. The van der Waals surface area contributed by atoms with Crippen molar-refractivity contribution < 1.29 is 0 Å². The van der Waals surface area contributed by atoms with Crippen LogP contribution in [0.25, 0.3) is 5.57 Å². The lowest BCUT2D eigenvalue weighted by atomic mass is 10.1. The van der Waals surface area contributed by atoms with E-state index in [0.717, 1.165) is 17.6 Å². The van der Waals surface area contributed by atoms with Gasteiger partial charge in [0, 0.05) is 11.8 Å². The van der Waals surface area contributed by atoms with Crippen LogP contribution in [0.5, 0.6) is 0 Å². The summed E-state index contributed by atoms with van der Waals surface area (Å²) in [5, 5.41) is 0. The predicted molar refractivity (Wildman–Crippen MR) is 61.9 cm³/mol. The summed E-state index contributed by atoms with van der Waals surface area (Å²) >= 11 is 0. The summed E-state index contributed by atoms with van der Waals surface area (Å²) in [6.07, 6.45) is 2.60. The van der Waals surface area contributed by atoms with E-state index in [4.69, 9.17) is 5.73 Å². The van der Waals surface area contributed by atoms with Gasteiger partial charge in [-0.3, -0.25) is 0 Å². The maximum atomic E-state index is 5.69. The standard InChI is InChI=1S/C9H13N3.C2H6/c1-4-6(2)8-5-11-7(3)12-9(8)10;1-2/h5H,2,4H2,1,3H3,(H2,10,11,12);1-2H3. The summed E-state index contributed by atoms with van der Waals surface area (Å²) in [7, 11) is 0. The van der Waals surface area contributed by atoms with E-state index in [9.17, 15) is 0 Å². The van der Waals surface area contributed by atoms with Crippen molar-refractivity contribution >= 4 is 11.4 Å². The Bertz CT molecular complexity index is 305. The van der Waals surface area contributed by atoms with Crippen molar-refractivity contribution in [3.63, 3.8) is 0 Å². The largest absolute Gasteiger partial charge is 0.383 e. The van der Waals surface area contributed by atoms with E-state index < -0.39 is 0 Å². The molecule has 0 amide bonds. The van der Waals surface area contributed by atoms with Gasteiger partial charge < -0.3 is 5.73 Å². The van der Waals surface area contributed by atoms with Gasteiger partial charge in [0.25, 0.3) is 0 Å². The Morgan fingerprint density at radius 3 is 2.50 bits per heavy atom. The molecular formula is C11H19N3. The molecule has 1 aromatic heterocycles. The molecule has 3 nitrogen and oxygen atoms in total. The molecule has 0 saturated carbocycles. The van der Waals surface area contributed by atoms with Gasteiger partial charge in [0.1, 0.15) is 11.6 Å². The van der Waals surface area contributed by atoms with Gasteiger partial charge in [-0.25, -0.2) is 9.97 Å². The Kier molecular flexibility index (Phi) is 5.53. The molecular weight excluding hydrogens is 174 g/mol. The molecule has 3 heteroatoms. The van der Waals surface area contributed by atoms with E-state index in [1.54, 1.807) is 6.20 Å². The molecule has 0 radical (unpaired) electrons. The smallest absolute Gasteiger partial charge is 0.134 e. The Labute approximate surface area is 86.1 Å². The number of hydrogen-bond acceptors (Lipinski definition) is 3. The molecule has 0 unspecified atom stereocenters. The average molecular weight is 193 g/mol. The lowest BCUT2D eigenvalue weighted by Crippen LogP contribution is -2.00. The topological polar surface area (TPSA) is 51.8 Å². The second kappa shape index (κ2) is 6.13. The molecule has 0 bridgehead atoms. The van der Waals surface area contributed by atoms with Crippen LogP contribution in [0.3, 0.4) is 0 Å². The second-order valence-corrected chi connectivity index (χ2v) is 2.67. The van der Waals surface area contributed by atoms with Gasteiger partial charge in [0.2, 0.25) is 0 Å². The maximum absolute atomic E-state index is 5.69. The van der Waals surface area contributed by atoms with Crippen molar-refractivity contribution in [1.82, 2.24) is 9.97 Å². The van der Waals surface area contributed by atoms with Crippen molar-refractivity contribution in [1.29, 1.82) is 0 Å². The van der Waals surface area contributed by atoms with Crippen LogP contribution >= 0.6 is 0 Å². The van der Waals surface area contributed by atoms with Gasteiger partial charge in [-0.1, -0.05) is 27.4 Å². The fourth-order valence-corrected chi connectivity index (χ4v) is 0.950. The number of aryl methyl sites for hydroxylation is 1. The molecule has 0 aliphatic heterocycles. The van der Waals surface area contributed by atoms with Crippen molar-refractivity contribution in [3.05, 3.63) is 24.2 Å². The quantitative estimate of drug-likeness (QED) is 0.785. The average Bonchev–Trinajstić information content (AvgIpc) is 2.20. The first-order chi connectivity index (χ1) is 6.65. The Morgan fingerprint density at radius 2 is 2.07 bits per heavy atom. The molecule has 1 aromatic rings. The van der Waals surface area contributed by atoms with Crippen LogP contribution in [0.2, 0.25) is 0 Å². The van der Waals surface area contributed by atoms with E-state index in [1.807, 2.05) is 27.7 Å². The minimum atomic E-state index is 0.523. The van der Waals surface area contributed by atoms with Crippen LogP contribution in [0.1, 0.15) is 38.6 Å². The number of rotatable bonds is 2. The molecule has 78 valence electrons. The lowest BCUT2D eigenvalue weighted by Gasteiger charge is -2.05. The van der Waals surface area contributed by atoms with E-state index in [0.29, 0.717) is 11.6 Å². The Hall–Kier alpha value is -1.38. The molecule has 0 spiro atoms. The van der Waals surface area contributed by atoms with Gasteiger partial charge in [-0.15, -0.1) is 0 Å². The first-order valence-corrected chi connectivity index (χ1v) is 4.92. The van der Waals surface area contributed by atoms with E-state index in [2.05, 4.69) is 16.5 Å². The van der Waals surface area contributed by atoms with Gasteiger partial charge in [0.05, 0.1) is 0 Å². The minimum absolute atomic E-state index is 0.523. The summed E-state index contributed by atoms with van der Waals surface area (Å²) < 4.78 is 0. The number of nitrogens with zero attached hydrogens (tertiary/aromatic N) is 2. The molecule has 0 aromatic carbocycles. The van der Waals surface area contributed by atoms with Crippen molar-refractivity contribution in [2.24, 2.45) is 0 Å². The summed E-state index contributed by atoms with van der Waals surface area (Å²) in [4.78, 5) is 8.11. The van der Waals surface area contributed by atoms with Crippen LogP contribution in [0.15, 0.2) is 12.8 Å². The molecule has 0 atom stereocenters. The van der Waals surface area contributed by atoms with Gasteiger partial charge >= 0.3 is 0 Å². The number of anilines is 1. The SMILES string of the molecule is C=C(CC)c1cnc(C)nc1N.CC. The highest BCUT2D eigenvalue weighted by molar-refractivity contribution is 5.70. The fourth-order valence-electron chi connectivity index (χ4n) is 0.950. The molecule has 0 fully saturated rings. The van der Waals surface area contributed by atoms with Gasteiger partial charge in [-0.2, -0.15) is 0 Å². The molecule has 1 rings (SSSR count). The Morgan fingerprint density at radius 1 is 1.50 bits per heavy atom. The third kappa shape index (κ3) is 3.17. The normalized spacial score (nSPS) is 8.86.